The molecule has 7 nitrogen and oxygen atoms in total. The maximum atomic E-state index is 13.8. The topological polar surface area (TPSA) is 85.6 Å². The number of rotatable bonds is 7. The Morgan fingerprint density at radius 2 is 2.14 bits per heavy atom. The van der Waals surface area contributed by atoms with Gasteiger partial charge in [-0.3, -0.25) is 0 Å². The van der Waals surface area contributed by atoms with Crippen LogP contribution in [0.15, 0.2) is 46.0 Å². The molecule has 4 rings (SSSR count). The van der Waals surface area contributed by atoms with Gasteiger partial charge in [0.05, 0.1) is 22.6 Å². The van der Waals surface area contributed by atoms with E-state index in [2.05, 4.69) is 14.8 Å². The van der Waals surface area contributed by atoms with Crippen molar-refractivity contribution in [3.63, 3.8) is 0 Å². The van der Waals surface area contributed by atoms with E-state index >= 15 is 0 Å². The summed E-state index contributed by atoms with van der Waals surface area (Å²) in [5.74, 6) is -0.0848. The fourth-order valence-corrected chi connectivity index (χ4v) is 5.17. The van der Waals surface area contributed by atoms with Crippen LogP contribution in [-0.2, 0) is 16.4 Å². The maximum absolute atomic E-state index is 13.8. The summed E-state index contributed by atoms with van der Waals surface area (Å²) in [6, 6.07) is 7.42. The number of aromatic nitrogens is 3. The average molecular weight is 439 g/mol. The first-order chi connectivity index (χ1) is 13.5. The van der Waals surface area contributed by atoms with Crippen LogP contribution in [0.2, 0.25) is 0 Å². The average Bonchev–Trinajstić information content (AvgIpc) is 3.39. The zero-order chi connectivity index (χ0) is 19.7. The molecule has 0 saturated carbocycles. The highest BCUT2D eigenvalue weighted by atomic mass is 32.2. The predicted octanol–water partition coefficient (Wildman–Crippen LogP) is 3.19. The molecular weight excluding hydrogens is 423 g/mol. The van der Waals surface area contributed by atoms with E-state index in [1.165, 1.54) is 30.6 Å². The Morgan fingerprint density at radius 1 is 1.29 bits per heavy atom. The van der Waals surface area contributed by atoms with Crippen molar-refractivity contribution in [2.45, 2.75) is 11.3 Å². The fourth-order valence-electron chi connectivity index (χ4n) is 2.62. The first kappa shape index (κ1) is 19.0. The van der Waals surface area contributed by atoms with E-state index in [0.717, 1.165) is 21.6 Å². The number of hydrogen-bond acceptors (Lipinski definition) is 7. The van der Waals surface area contributed by atoms with Crippen molar-refractivity contribution >= 4 is 37.7 Å². The van der Waals surface area contributed by atoms with Gasteiger partial charge in [0.25, 0.3) is 0 Å². The molecule has 11 heteroatoms. The van der Waals surface area contributed by atoms with Gasteiger partial charge >= 0.3 is 0 Å². The second-order valence-electron chi connectivity index (χ2n) is 5.78. The number of nitrogens with one attached hydrogen (secondary N) is 1. The van der Waals surface area contributed by atoms with Crippen LogP contribution in [0.4, 0.5) is 4.39 Å². The van der Waals surface area contributed by atoms with Gasteiger partial charge in [-0.1, -0.05) is 6.07 Å². The number of benzene rings is 1. The predicted molar refractivity (Wildman–Crippen MR) is 106 cm³/mol. The lowest BCUT2D eigenvalue weighted by Gasteiger charge is -2.08. The quantitative estimate of drug-likeness (QED) is 0.479. The maximum Gasteiger partial charge on any atom is 0.240 e. The van der Waals surface area contributed by atoms with Crippen LogP contribution < -0.4 is 9.46 Å². The van der Waals surface area contributed by atoms with E-state index in [-0.39, 0.29) is 17.2 Å². The largest absolute Gasteiger partial charge is 0.494 e. The number of nitrogens with zero attached hydrogens (tertiary/aromatic N) is 3. The molecule has 0 saturated heterocycles. The molecule has 0 fully saturated rings. The van der Waals surface area contributed by atoms with Gasteiger partial charge in [-0.15, -0.1) is 27.8 Å². The molecule has 0 spiro atoms. The first-order valence-corrected chi connectivity index (χ1v) is 11.4. The minimum atomic E-state index is -3.83. The molecule has 0 radical (unpaired) electrons. The Bertz CT molecular complexity index is 1220. The zero-order valence-corrected chi connectivity index (χ0v) is 17.1. The summed E-state index contributed by atoms with van der Waals surface area (Å²) in [4.78, 5) is 6.07. The third-order valence-corrected chi connectivity index (χ3v) is 7.19. The third kappa shape index (κ3) is 3.65. The minimum absolute atomic E-state index is 0.00709. The van der Waals surface area contributed by atoms with Crippen LogP contribution in [0.1, 0.15) is 5.69 Å². The van der Waals surface area contributed by atoms with E-state index in [1.807, 2.05) is 22.9 Å². The second kappa shape index (κ2) is 7.59. The van der Waals surface area contributed by atoms with Gasteiger partial charge in [0, 0.05) is 18.3 Å². The van der Waals surface area contributed by atoms with E-state index in [0.29, 0.717) is 12.2 Å². The summed E-state index contributed by atoms with van der Waals surface area (Å²) >= 11 is 3.00. The number of ether oxygens (including phenoxy) is 1. The highest BCUT2D eigenvalue weighted by molar-refractivity contribution is 7.89. The first-order valence-electron chi connectivity index (χ1n) is 8.18. The number of halogens is 1. The van der Waals surface area contributed by atoms with Crippen LogP contribution in [0.5, 0.6) is 5.75 Å². The molecular formula is C17H15FN4O3S3. The lowest BCUT2D eigenvalue weighted by Crippen LogP contribution is -2.26. The standard InChI is InChI=1S/C17H15FN4O3S3/c1-25-14-5-4-12(9-13(14)18)28(23,24)19-7-6-11-10-27-17-20-16(21-22(11)17)15-3-2-8-26-15/h2-5,8-10,19H,6-7H2,1H3. The van der Waals surface area contributed by atoms with Gasteiger partial charge in [-0.25, -0.2) is 22.0 Å². The molecule has 4 aromatic rings. The Balaban J connectivity index is 1.46. The SMILES string of the molecule is COc1ccc(S(=O)(=O)NCCc2csc3nc(-c4cccs4)nn23)cc1F. The highest BCUT2D eigenvalue weighted by Crippen LogP contribution is 2.24. The van der Waals surface area contributed by atoms with Crippen molar-refractivity contribution < 1.29 is 17.5 Å². The molecule has 0 unspecified atom stereocenters. The van der Waals surface area contributed by atoms with Crippen LogP contribution in [0.3, 0.4) is 0 Å². The van der Waals surface area contributed by atoms with Gasteiger partial charge in [0.1, 0.15) is 0 Å². The summed E-state index contributed by atoms with van der Waals surface area (Å²) in [6.45, 7) is 0.149. The smallest absolute Gasteiger partial charge is 0.240 e. The normalized spacial score (nSPS) is 11.9. The number of thiazole rings is 1. The number of fused-ring (bicyclic) bond motifs is 1. The summed E-state index contributed by atoms with van der Waals surface area (Å²) in [5, 5.41) is 8.36. The van der Waals surface area contributed by atoms with Crippen molar-refractivity contribution in [1.29, 1.82) is 0 Å². The Hall–Kier alpha value is -2.34. The monoisotopic (exact) mass is 438 g/mol. The van der Waals surface area contributed by atoms with Gasteiger partial charge in [-0.2, -0.15) is 4.98 Å². The van der Waals surface area contributed by atoms with Crippen molar-refractivity contribution in [1.82, 2.24) is 19.3 Å². The molecule has 3 heterocycles. The zero-order valence-electron chi connectivity index (χ0n) is 14.6. The Morgan fingerprint density at radius 3 is 2.86 bits per heavy atom. The van der Waals surface area contributed by atoms with Crippen LogP contribution >= 0.6 is 22.7 Å². The minimum Gasteiger partial charge on any atom is -0.494 e. The summed E-state index contributed by atoms with van der Waals surface area (Å²) < 4.78 is 47.6. The van der Waals surface area contributed by atoms with Crippen molar-refractivity contribution in [2.75, 3.05) is 13.7 Å². The molecule has 1 aromatic carbocycles. The second-order valence-corrected chi connectivity index (χ2v) is 9.33. The van der Waals surface area contributed by atoms with Gasteiger partial charge in [0.15, 0.2) is 17.4 Å². The van der Waals surface area contributed by atoms with Crippen molar-refractivity contribution in [3.8, 4) is 16.5 Å². The highest BCUT2D eigenvalue weighted by Gasteiger charge is 2.17. The van der Waals surface area contributed by atoms with Gasteiger partial charge in [0.2, 0.25) is 15.0 Å². The molecule has 0 bridgehead atoms. The van der Waals surface area contributed by atoms with Crippen LogP contribution in [0.25, 0.3) is 15.7 Å². The number of hydrogen-bond donors (Lipinski definition) is 1. The third-order valence-electron chi connectivity index (χ3n) is 4.00. The number of thiophene rings is 1. The number of methoxy groups -OCH3 is 1. The summed E-state index contributed by atoms with van der Waals surface area (Å²) in [7, 11) is -2.51. The molecule has 146 valence electrons. The molecule has 1 N–H and O–H groups in total. The summed E-state index contributed by atoms with van der Waals surface area (Å²) in [6.07, 6.45) is 0.422. The fraction of sp³-hybridized carbons (Fsp3) is 0.176. The van der Waals surface area contributed by atoms with Crippen LogP contribution in [0, 0.1) is 5.82 Å². The van der Waals surface area contributed by atoms with Gasteiger partial charge < -0.3 is 4.74 Å². The molecule has 0 atom stereocenters. The molecule has 0 aliphatic rings. The Kier molecular flexibility index (Phi) is 5.15. The lowest BCUT2D eigenvalue weighted by atomic mass is 10.3. The van der Waals surface area contributed by atoms with E-state index in [4.69, 9.17) is 4.74 Å². The Labute approximate surface area is 168 Å². The van der Waals surface area contributed by atoms with Crippen molar-refractivity contribution in [2.24, 2.45) is 0 Å². The van der Waals surface area contributed by atoms with Crippen LogP contribution in [-0.4, -0.2) is 36.7 Å². The van der Waals surface area contributed by atoms with E-state index in [9.17, 15) is 12.8 Å². The molecule has 3 aromatic heterocycles. The molecule has 0 aliphatic carbocycles. The summed E-state index contributed by atoms with van der Waals surface area (Å²) in [5.41, 5.74) is 0.846. The van der Waals surface area contributed by atoms with Crippen molar-refractivity contribution in [3.05, 3.63) is 52.6 Å². The number of sulfonamides is 1. The lowest BCUT2D eigenvalue weighted by molar-refractivity contribution is 0.385. The molecule has 0 amide bonds. The molecule has 0 aliphatic heterocycles. The van der Waals surface area contributed by atoms with E-state index in [1.54, 1.807) is 15.9 Å². The molecule has 28 heavy (non-hydrogen) atoms. The van der Waals surface area contributed by atoms with Gasteiger partial charge in [-0.05, 0) is 29.6 Å². The van der Waals surface area contributed by atoms with E-state index < -0.39 is 15.8 Å².